The van der Waals surface area contributed by atoms with Crippen LogP contribution in [-0.2, 0) is 52.7 Å². The lowest BCUT2D eigenvalue weighted by Gasteiger charge is -2.27. The van der Waals surface area contributed by atoms with Crippen LogP contribution in [0.25, 0.3) is 0 Å². The quantitative estimate of drug-likeness (QED) is 0.0165. The normalized spacial score (nSPS) is 13.8. The summed E-state index contributed by atoms with van der Waals surface area (Å²) in [5.41, 5.74) is 26.8. The third-order valence-electron chi connectivity index (χ3n) is 8.82. The van der Waals surface area contributed by atoms with Crippen LogP contribution in [0, 0.1) is 0 Å². The SMILES string of the molecule is CSCC[C@H](NC(=O)[C@H](CCC(=O)O)NC(=O)[C@H](CCC(=O)O)NC(C)=O)C(=O)N[C@@H](CC(=O)O)C(=O)N[C@@H](CCCN=C(N)N)C(=O)N[C@@H](CCCN=C(N)N)C(=O)N[C@@H](C)C(N)=O. The largest absolute Gasteiger partial charge is 0.481 e. The number of carboxylic acid groups (broad SMARTS) is 3. The highest BCUT2D eigenvalue weighted by Crippen LogP contribution is 2.09. The molecular weight excluding hydrogens is 885 g/mol. The first-order chi connectivity index (χ1) is 30.4. The molecule has 65 heavy (non-hydrogen) atoms. The Labute approximate surface area is 377 Å². The lowest BCUT2D eigenvalue weighted by Crippen LogP contribution is -2.60. The fourth-order valence-corrected chi connectivity index (χ4v) is 5.97. The Morgan fingerprint density at radius 1 is 0.492 bits per heavy atom. The molecule has 0 aliphatic heterocycles. The molecule has 0 aromatic rings. The van der Waals surface area contributed by atoms with Crippen molar-refractivity contribution in [1.82, 2.24) is 37.2 Å². The van der Waals surface area contributed by atoms with E-state index in [0.29, 0.717) is 0 Å². The molecule has 0 bridgehead atoms. The molecule has 29 heteroatoms. The fourth-order valence-electron chi connectivity index (χ4n) is 5.50. The Balaban J connectivity index is 6.68. The maximum atomic E-state index is 13.8. The molecule has 0 saturated heterocycles. The van der Waals surface area contributed by atoms with Gasteiger partial charge in [0.05, 0.1) is 6.42 Å². The number of primary amides is 1. The van der Waals surface area contributed by atoms with Gasteiger partial charge < -0.3 is 81.2 Å². The van der Waals surface area contributed by atoms with Gasteiger partial charge >= 0.3 is 17.9 Å². The van der Waals surface area contributed by atoms with Crippen LogP contribution < -0.4 is 65.9 Å². The first-order valence-electron chi connectivity index (χ1n) is 20.0. The van der Waals surface area contributed by atoms with Gasteiger partial charge in [0.25, 0.3) is 0 Å². The second-order valence-corrected chi connectivity index (χ2v) is 15.3. The number of amides is 8. The molecule has 0 spiro atoms. The second kappa shape index (κ2) is 31.0. The number of carbonyl (C=O) groups is 11. The number of thioether (sulfide) groups is 1. The molecule has 0 fully saturated rings. The van der Waals surface area contributed by atoms with Crippen LogP contribution in [0.15, 0.2) is 9.98 Å². The molecule has 8 amide bonds. The van der Waals surface area contributed by atoms with Crippen molar-refractivity contribution < 1.29 is 68.1 Å². The molecule has 7 atom stereocenters. The smallest absolute Gasteiger partial charge is 0.305 e. The zero-order chi connectivity index (χ0) is 49.8. The zero-order valence-corrected chi connectivity index (χ0v) is 37.1. The van der Waals surface area contributed by atoms with Gasteiger partial charge in [-0.2, -0.15) is 11.8 Å². The molecule has 0 aromatic carbocycles. The summed E-state index contributed by atoms with van der Waals surface area (Å²) in [6, 6.07) is -10.6. The zero-order valence-electron chi connectivity index (χ0n) is 36.3. The van der Waals surface area contributed by atoms with Crippen LogP contribution in [0.2, 0.25) is 0 Å². The summed E-state index contributed by atoms with van der Waals surface area (Å²) in [5, 5.41) is 44.5. The minimum absolute atomic E-state index is 0.0340. The highest BCUT2D eigenvalue weighted by atomic mass is 32.2. The van der Waals surface area contributed by atoms with Gasteiger partial charge in [-0.05, 0) is 63.9 Å². The van der Waals surface area contributed by atoms with Crippen molar-refractivity contribution in [1.29, 1.82) is 0 Å². The third kappa shape index (κ3) is 26.3. The molecule has 0 unspecified atom stereocenters. The first kappa shape index (κ1) is 58.1. The number of rotatable bonds is 33. The average Bonchev–Trinajstić information content (AvgIpc) is 3.20. The number of nitrogens with two attached hydrogens (primary N) is 5. The van der Waals surface area contributed by atoms with Crippen molar-refractivity contribution >= 4 is 88.8 Å². The third-order valence-corrected chi connectivity index (χ3v) is 9.46. The van der Waals surface area contributed by atoms with Gasteiger partial charge in [-0.15, -0.1) is 0 Å². The predicted octanol–water partition coefficient (Wildman–Crippen LogP) is -6.03. The Bertz CT molecular complexity index is 1760. The van der Waals surface area contributed by atoms with Gasteiger partial charge in [0.15, 0.2) is 11.9 Å². The topological polar surface area (TPSA) is 487 Å². The molecule has 366 valence electrons. The molecule has 28 nitrogen and oxygen atoms in total. The summed E-state index contributed by atoms with van der Waals surface area (Å²) in [6.45, 7) is 2.34. The van der Waals surface area contributed by atoms with E-state index in [0.717, 1.165) is 6.92 Å². The van der Waals surface area contributed by atoms with Gasteiger partial charge in [-0.25, -0.2) is 0 Å². The van der Waals surface area contributed by atoms with E-state index in [9.17, 15) is 63.0 Å². The highest BCUT2D eigenvalue weighted by Gasteiger charge is 2.34. The van der Waals surface area contributed by atoms with Crippen molar-refractivity contribution in [3.8, 4) is 0 Å². The molecule has 0 heterocycles. The molecular formula is C36H62N14O14S. The van der Waals surface area contributed by atoms with Crippen LogP contribution in [-0.4, -0.2) is 160 Å². The van der Waals surface area contributed by atoms with E-state index >= 15 is 0 Å². The molecule has 0 saturated carbocycles. The number of aliphatic imine (C=N–C) groups is 2. The number of guanidine groups is 2. The Morgan fingerprint density at radius 3 is 1.17 bits per heavy atom. The van der Waals surface area contributed by atoms with Crippen molar-refractivity contribution in [2.45, 2.75) is 120 Å². The number of nitrogens with zero attached hydrogens (tertiary/aromatic N) is 2. The van der Waals surface area contributed by atoms with Crippen molar-refractivity contribution in [3.63, 3.8) is 0 Å². The number of nitrogens with one attached hydrogen (secondary N) is 7. The molecule has 0 aliphatic rings. The van der Waals surface area contributed by atoms with E-state index in [-0.39, 0.29) is 62.9 Å². The lowest BCUT2D eigenvalue weighted by atomic mass is 10.1. The average molecular weight is 947 g/mol. The molecule has 0 aliphatic carbocycles. The van der Waals surface area contributed by atoms with Crippen LogP contribution in [0.4, 0.5) is 0 Å². The number of carbonyl (C=O) groups excluding carboxylic acids is 8. The predicted molar refractivity (Wildman–Crippen MR) is 233 cm³/mol. The molecule has 0 radical (unpaired) electrons. The fraction of sp³-hybridized carbons (Fsp3) is 0.639. The molecule has 0 aromatic heterocycles. The number of hydrogen-bond donors (Lipinski definition) is 15. The van der Waals surface area contributed by atoms with E-state index in [1.807, 2.05) is 0 Å². The van der Waals surface area contributed by atoms with Crippen LogP contribution in [0.3, 0.4) is 0 Å². The summed E-state index contributed by atoms with van der Waals surface area (Å²) in [6.07, 6.45) is -1.83. The van der Waals surface area contributed by atoms with Gasteiger partial charge in [0.2, 0.25) is 47.3 Å². The number of hydrogen-bond acceptors (Lipinski definition) is 14. The summed E-state index contributed by atoms with van der Waals surface area (Å²) in [5.74, 6) is -12.5. The summed E-state index contributed by atoms with van der Waals surface area (Å²) < 4.78 is 0. The van der Waals surface area contributed by atoms with Crippen molar-refractivity contribution in [2.24, 2.45) is 38.7 Å². The Hall–Kier alpha value is -6.94. The van der Waals surface area contributed by atoms with E-state index in [2.05, 4.69) is 47.2 Å². The van der Waals surface area contributed by atoms with E-state index < -0.39 is 140 Å². The van der Waals surface area contributed by atoms with Gasteiger partial charge in [0, 0.05) is 32.9 Å². The summed E-state index contributed by atoms with van der Waals surface area (Å²) in [7, 11) is 0. The van der Waals surface area contributed by atoms with Crippen LogP contribution in [0.5, 0.6) is 0 Å². The lowest BCUT2D eigenvalue weighted by molar-refractivity contribution is -0.142. The second-order valence-electron chi connectivity index (χ2n) is 14.3. The summed E-state index contributed by atoms with van der Waals surface area (Å²) >= 11 is 1.22. The van der Waals surface area contributed by atoms with E-state index in [4.69, 9.17) is 33.8 Å². The molecule has 0 rings (SSSR count). The van der Waals surface area contributed by atoms with E-state index in [1.54, 1.807) is 6.26 Å². The Kier molecular flexibility index (Phi) is 27.7. The highest BCUT2D eigenvalue weighted by molar-refractivity contribution is 7.98. The van der Waals surface area contributed by atoms with Gasteiger partial charge in [-0.1, -0.05) is 0 Å². The summed E-state index contributed by atoms with van der Waals surface area (Å²) in [4.78, 5) is 147. The minimum atomic E-state index is -1.91. The van der Waals surface area contributed by atoms with E-state index in [1.165, 1.54) is 18.7 Å². The monoisotopic (exact) mass is 946 g/mol. The standard InChI is InChI=1S/C36H62N14O14S/c1-17(28(37)58)44-29(59)19(6-4-13-42-35(38)39)46-30(60)20(7-5-14-43-36(40)41)47-34(64)24(16-27(56)57)50-33(63)23(12-15-65-3)49-32(62)22(9-11-26(54)55)48-31(61)21(45-18(2)51)8-10-25(52)53/h17,19-24H,4-16H2,1-3H3,(H2,37,58)(H,44,59)(H,45,51)(H,46,60)(H,47,64)(H,48,61)(H,49,62)(H,50,63)(H,52,53)(H,54,55)(H,56,57)(H4,38,39,42)(H4,40,41,43)/t17-,19-,20-,21-,22-,23-,24-/m0/s1. The maximum Gasteiger partial charge on any atom is 0.305 e. The van der Waals surface area contributed by atoms with Gasteiger partial charge in [-0.3, -0.25) is 62.7 Å². The van der Waals surface area contributed by atoms with Crippen molar-refractivity contribution in [3.05, 3.63) is 0 Å². The van der Waals surface area contributed by atoms with Crippen molar-refractivity contribution in [2.75, 3.05) is 25.1 Å². The maximum absolute atomic E-state index is 13.8. The molecule has 20 N–H and O–H groups in total. The first-order valence-corrected chi connectivity index (χ1v) is 21.4. The van der Waals surface area contributed by atoms with Crippen LogP contribution >= 0.6 is 11.8 Å². The van der Waals surface area contributed by atoms with Gasteiger partial charge in [0.1, 0.15) is 42.3 Å². The van der Waals surface area contributed by atoms with Crippen LogP contribution in [0.1, 0.15) is 78.1 Å². The Morgan fingerprint density at radius 2 is 0.831 bits per heavy atom. The minimum Gasteiger partial charge on any atom is -0.481 e. The number of aliphatic carboxylic acids is 3. The number of carboxylic acids is 3.